The predicted octanol–water partition coefficient (Wildman–Crippen LogP) is 4.43. The topological polar surface area (TPSA) is 84.9 Å². The highest BCUT2D eigenvalue weighted by molar-refractivity contribution is 7.93. The second-order valence-electron chi connectivity index (χ2n) is 7.55. The van der Waals surface area contributed by atoms with Crippen molar-refractivity contribution in [2.45, 2.75) is 17.9 Å². The number of carbonyl (C=O) groups excluding carboxylic acids is 1. The minimum atomic E-state index is -3.98. The zero-order valence-electron chi connectivity index (χ0n) is 18.1. The van der Waals surface area contributed by atoms with Gasteiger partial charge in [-0.15, -0.1) is 0 Å². The van der Waals surface area contributed by atoms with Crippen LogP contribution in [0.2, 0.25) is 5.02 Å². The van der Waals surface area contributed by atoms with Crippen molar-refractivity contribution in [3.05, 3.63) is 82.9 Å². The molecule has 1 aliphatic rings. The third kappa shape index (κ3) is 4.77. The van der Waals surface area contributed by atoms with E-state index in [2.05, 4.69) is 5.32 Å². The number of hydrogen-bond donors (Lipinski definition) is 1. The van der Waals surface area contributed by atoms with Crippen LogP contribution in [0.15, 0.2) is 71.6 Å². The number of amides is 1. The summed E-state index contributed by atoms with van der Waals surface area (Å²) in [7, 11) is -2.54. The molecule has 0 spiro atoms. The molecule has 7 nitrogen and oxygen atoms in total. The van der Waals surface area contributed by atoms with E-state index in [1.807, 2.05) is 19.1 Å². The molecular formula is C24H23ClN2O5S. The van der Waals surface area contributed by atoms with Crippen LogP contribution in [0.5, 0.6) is 11.5 Å². The van der Waals surface area contributed by atoms with E-state index in [0.29, 0.717) is 30.4 Å². The summed E-state index contributed by atoms with van der Waals surface area (Å²) in [5.74, 6) is 0.871. The third-order valence-corrected chi connectivity index (χ3v) is 7.63. The Labute approximate surface area is 197 Å². The van der Waals surface area contributed by atoms with E-state index in [-0.39, 0.29) is 21.5 Å². The molecule has 1 aliphatic heterocycles. The molecule has 0 radical (unpaired) electrons. The molecule has 0 saturated carbocycles. The normalized spacial score (nSPS) is 13.8. The number of rotatable bonds is 6. The number of para-hydroxylation sites is 1. The maximum absolute atomic E-state index is 13.2. The molecule has 3 aromatic carbocycles. The summed E-state index contributed by atoms with van der Waals surface area (Å²) < 4.78 is 38.7. The molecule has 0 aromatic heterocycles. The number of fused-ring (bicyclic) bond motifs is 1. The van der Waals surface area contributed by atoms with Crippen molar-refractivity contribution in [1.29, 1.82) is 0 Å². The first kappa shape index (κ1) is 22.9. The zero-order chi connectivity index (χ0) is 23.6. The van der Waals surface area contributed by atoms with Crippen LogP contribution >= 0.6 is 11.6 Å². The van der Waals surface area contributed by atoms with E-state index in [1.54, 1.807) is 36.4 Å². The van der Waals surface area contributed by atoms with E-state index in [1.165, 1.54) is 25.2 Å². The summed E-state index contributed by atoms with van der Waals surface area (Å²) in [6, 6.07) is 18.0. The lowest BCUT2D eigenvalue weighted by molar-refractivity contribution is 0.0939. The number of nitrogens with zero attached hydrogens (tertiary/aromatic N) is 1. The van der Waals surface area contributed by atoms with Crippen LogP contribution in [-0.2, 0) is 10.0 Å². The van der Waals surface area contributed by atoms with Crippen LogP contribution in [0.4, 0.5) is 5.69 Å². The monoisotopic (exact) mass is 486 g/mol. The Balaban J connectivity index is 1.56. The molecule has 0 aliphatic carbocycles. The highest BCUT2D eigenvalue weighted by Gasteiger charge is 2.26. The Bertz CT molecular complexity index is 1280. The number of nitrogens with one attached hydrogen (secondary N) is 1. The summed E-state index contributed by atoms with van der Waals surface area (Å²) in [6.07, 6.45) is 0. The van der Waals surface area contributed by atoms with Crippen molar-refractivity contribution >= 4 is 33.2 Å². The maximum atomic E-state index is 13.2. The van der Waals surface area contributed by atoms with Crippen LogP contribution < -0.4 is 19.1 Å². The van der Waals surface area contributed by atoms with Crippen molar-refractivity contribution in [3.63, 3.8) is 0 Å². The Morgan fingerprint density at radius 3 is 2.42 bits per heavy atom. The van der Waals surface area contributed by atoms with Gasteiger partial charge in [0.15, 0.2) is 11.5 Å². The van der Waals surface area contributed by atoms with Gasteiger partial charge in [-0.3, -0.25) is 9.10 Å². The Morgan fingerprint density at radius 1 is 1.00 bits per heavy atom. The van der Waals surface area contributed by atoms with Crippen molar-refractivity contribution in [2.24, 2.45) is 0 Å². The fourth-order valence-electron chi connectivity index (χ4n) is 3.46. The number of benzene rings is 3. The number of ether oxygens (including phenoxy) is 2. The molecule has 9 heteroatoms. The number of halogens is 1. The quantitative estimate of drug-likeness (QED) is 0.557. The zero-order valence-corrected chi connectivity index (χ0v) is 19.7. The average Bonchev–Trinajstić information content (AvgIpc) is 2.83. The van der Waals surface area contributed by atoms with Gasteiger partial charge in [0.05, 0.1) is 16.8 Å². The van der Waals surface area contributed by atoms with Gasteiger partial charge in [0.2, 0.25) is 0 Å². The van der Waals surface area contributed by atoms with Crippen LogP contribution in [0.3, 0.4) is 0 Å². The van der Waals surface area contributed by atoms with Gasteiger partial charge in [0.1, 0.15) is 18.1 Å². The van der Waals surface area contributed by atoms with Crippen LogP contribution in [0.25, 0.3) is 0 Å². The first-order valence-electron chi connectivity index (χ1n) is 10.3. The lowest BCUT2D eigenvalue weighted by atomic mass is 10.1. The lowest BCUT2D eigenvalue weighted by Gasteiger charge is -2.22. The molecule has 0 fully saturated rings. The SMILES string of the molecule is CC(NC(=O)c1ccc(Cl)c(S(=O)(=O)N(C)c2ccccc2)c1)c1ccc2c(c1)OCCO2. The van der Waals surface area contributed by atoms with Gasteiger partial charge in [0.25, 0.3) is 15.9 Å². The number of hydrogen-bond acceptors (Lipinski definition) is 5. The minimum Gasteiger partial charge on any atom is -0.486 e. The predicted molar refractivity (Wildman–Crippen MR) is 127 cm³/mol. The molecule has 33 heavy (non-hydrogen) atoms. The highest BCUT2D eigenvalue weighted by Crippen LogP contribution is 2.33. The van der Waals surface area contributed by atoms with E-state index < -0.39 is 15.9 Å². The van der Waals surface area contributed by atoms with Crippen LogP contribution in [-0.4, -0.2) is 34.6 Å². The van der Waals surface area contributed by atoms with E-state index in [4.69, 9.17) is 21.1 Å². The molecule has 4 rings (SSSR count). The molecule has 1 unspecified atom stereocenters. The van der Waals surface area contributed by atoms with E-state index in [0.717, 1.165) is 9.87 Å². The van der Waals surface area contributed by atoms with Crippen molar-refractivity contribution < 1.29 is 22.7 Å². The summed E-state index contributed by atoms with van der Waals surface area (Å²) in [6.45, 7) is 2.80. The van der Waals surface area contributed by atoms with E-state index in [9.17, 15) is 13.2 Å². The fourth-order valence-corrected chi connectivity index (χ4v) is 5.15. The fraction of sp³-hybridized carbons (Fsp3) is 0.208. The molecule has 3 aromatic rings. The highest BCUT2D eigenvalue weighted by atomic mass is 35.5. The van der Waals surface area contributed by atoms with Gasteiger partial charge in [0, 0.05) is 12.6 Å². The van der Waals surface area contributed by atoms with Gasteiger partial charge in [-0.25, -0.2) is 8.42 Å². The second-order valence-corrected chi connectivity index (χ2v) is 9.90. The van der Waals surface area contributed by atoms with Crippen molar-refractivity contribution in [1.82, 2.24) is 5.32 Å². The molecule has 1 heterocycles. The van der Waals surface area contributed by atoms with Crippen molar-refractivity contribution in [3.8, 4) is 11.5 Å². The maximum Gasteiger partial charge on any atom is 0.265 e. The third-order valence-electron chi connectivity index (χ3n) is 5.37. The molecule has 0 saturated heterocycles. The smallest absolute Gasteiger partial charge is 0.265 e. The molecular weight excluding hydrogens is 464 g/mol. The van der Waals surface area contributed by atoms with E-state index >= 15 is 0 Å². The molecule has 1 N–H and O–H groups in total. The van der Waals surface area contributed by atoms with Gasteiger partial charge in [-0.05, 0) is 55.0 Å². The van der Waals surface area contributed by atoms with Gasteiger partial charge in [-0.1, -0.05) is 35.9 Å². The second kappa shape index (κ2) is 9.33. The van der Waals surface area contributed by atoms with Crippen LogP contribution in [0.1, 0.15) is 28.9 Å². The lowest BCUT2D eigenvalue weighted by Crippen LogP contribution is -2.29. The molecule has 1 atom stereocenters. The average molecular weight is 487 g/mol. The van der Waals surface area contributed by atoms with Gasteiger partial charge < -0.3 is 14.8 Å². The first-order chi connectivity index (χ1) is 15.8. The Kier molecular flexibility index (Phi) is 6.49. The summed E-state index contributed by atoms with van der Waals surface area (Å²) in [4.78, 5) is 12.8. The molecule has 172 valence electrons. The van der Waals surface area contributed by atoms with Crippen molar-refractivity contribution in [2.75, 3.05) is 24.6 Å². The number of anilines is 1. The first-order valence-corrected chi connectivity index (χ1v) is 12.1. The largest absolute Gasteiger partial charge is 0.486 e. The minimum absolute atomic E-state index is 0.0363. The summed E-state index contributed by atoms with van der Waals surface area (Å²) in [5.41, 5.74) is 1.50. The number of carbonyl (C=O) groups is 1. The summed E-state index contributed by atoms with van der Waals surface area (Å²) >= 11 is 6.22. The van der Waals surface area contributed by atoms with Gasteiger partial charge in [-0.2, -0.15) is 0 Å². The number of sulfonamides is 1. The van der Waals surface area contributed by atoms with Gasteiger partial charge >= 0.3 is 0 Å². The van der Waals surface area contributed by atoms with Crippen LogP contribution in [0, 0.1) is 0 Å². The Morgan fingerprint density at radius 2 is 1.70 bits per heavy atom. The molecule has 0 bridgehead atoms. The summed E-state index contributed by atoms with van der Waals surface area (Å²) in [5, 5.41) is 2.93. The standard InChI is InChI=1S/C24H23ClN2O5S/c1-16(17-9-11-21-22(14-17)32-13-12-31-21)26-24(28)18-8-10-20(25)23(15-18)33(29,30)27(2)19-6-4-3-5-7-19/h3-11,14-16H,12-13H2,1-2H3,(H,26,28). The Hall–Kier alpha value is -3.23. The molecule has 1 amide bonds.